The van der Waals surface area contributed by atoms with Crippen molar-refractivity contribution in [2.24, 2.45) is 0 Å². The van der Waals surface area contributed by atoms with Gasteiger partial charge in [-0.3, -0.25) is 0 Å². The van der Waals surface area contributed by atoms with Crippen LogP contribution in [-0.4, -0.2) is 19.2 Å². The lowest BCUT2D eigenvalue weighted by Gasteiger charge is -2.09. The summed E-state index contributed by atoms with van der Waals surface area (Å²) in [6.45, 7) is 0. The van der Waals surface area contributed by atoms with Crippen LogP contribution in [0.5, 0.6) is 11.5 Å². The molecular weight excluding hydrogens is 296 g/mol. The zero-order valence-corrected chi connectivity index (χ0v) is 13.2. The molecule has 0 saturated carbocycles. The van der Waals surface area contributed by atoms with Crippen LogP contribution < -0.4 is 15.2 Å². The van der Waals surface area contributed by atoms with Crippen molar-refractivity contribution in [3.8, 4) is 11.5 Å². The second-order valence-corrected chi connectivity index (χ2v) is 5.81. The summed E-state index contributed by atoms with van der Waals surface area (Å²) in [5, 5.41) is 1.93. The molecule has 0 aliphatic heterocycles. The summed E-state index contributed by atoms with van der Waals surface area (Å²) in [5.41, 5.74) is 7.33. The predicted octanol–water partition coefficient (Wildman–Crippen LogP) is 3.99. The highest BCUT2D eigenvalue weighted by molar-refractivity contribution is 7.99. The number of hydrogen-bond donors (Lipinski definition) is 1. The van der Waals surface area contributed by atoms with E-state index in [1.165, 1.54) is 0 Å². The predicted molar refractivity (Wildman–Crippen MR) is 89.8 cm³/mol. The van der Waals surface area contributed by atoms with Gasteiger partial charge in [0.15, 0.2) is 11.5 Å². The van der Waals surface area contributed by atoms with Crippen molar-refractivity contribution in [3.63, 3.8) is 0 Å². The molecule has 0 amide bonds. The SMILES string of the molecule is COc1cc2ccc(Sc3ccc(N)cc3)nc2cc1OC. The molecule has 112 valence electrons. The maximum absolute atomic E-state index is 5.70. The summed E-state index contributed by atoms with van der Waals surface area (Å²) in [6, 6.07) is 15.6. The van der Waals surface area contributed by atoms with Gasteiger partial charge in [0.2, 0.25) is 0 Å². The van der Waals surface area contributed by atoms with Crippen LogP contribution in [0.25, 0.3) is 10.9 Å². The highest BCUT2D eigenvalue weighted by Gasteiger charge is 2.08. The van der Waals surface area contributed by atoms with Crippen LogP contribution >= 0.6 is 11.8 Å². The van der Waals surface area contributed by atoms with Crippen molar-refractivity contribution in [2.75, 3.05) is 20.0 Å². The maximum Gasteiger partial charge on any atom is 0.162 e. The van der Waals surface area contributed by atoms with Gasteiger partial charge in [-0.05, 0) is 42.5 Å². The Kier molecular flexibility index (Phi) is 4.06. The van der Waals surface area contributed by atoms with Gasteiger partial charge in [0.1, 0.15) is 5.03 Å². The Morgan fingerprint density at radius 1 is 0.909 bits per heavy atom. The fourth-order valence-corrected chi connectivity index (χ4v) is 2.94. The summed E-state index contributed by atoms with van der Waals surface area (Å²) in [5.74, 6) is 1.38. The number of ether oxygens (including phenoxy) is 2. The lowest BCUT2D eigenvalue weighted by Crippen LogP contribution is -1.92. The van der Waals surface area contributed by atoms with Crippen LogP contribution in [0.1, 0.15) is 0 Å². The van der Waals surface area contributed by atoms with Crippen molar-refractivity contribution in [1.82, 2.24) is 4.98 Å². The number of methoxy groups -OCH3 is 2. The molecule has 4 nitrogen and oxygen atoms in total. The number of rotatable bonds is 4. The van der Waals surface area contributed by atoms with Crippen LogP contribution in [-0.2, 0) is 0 Å². The number of pyridine rings is 1. The monoisotopic (exact) mass is 312 g/mol. The van der Waals surface area contributed by atoms with Gasteiger partial charge in [-0.15, -0.1) is 0 Å². The molecule has 0 aliphatic carbocycles. The zero-order valence-electron chi connectivity index (χ0n) is 12.4. The minimum atomic E-state index is 0.678. The number of anilines is 1. The topological polar surface area (TPSA) is 57.4 Å². The van der Waals surface area contributed by atoms with Gasteiger partial charge in [0.05, 0.1) is 19.7 Å². The summed E-state index contributed by atoms with van der Waals surface area (Å²) in [4.78, 5) is 5.77. The van der Waals surface area contributed by atoms with E-state index in [2.05, 4.69) is 4.98 Å². The minimum absolute atomic E-state index is 0.678. The first kappa shape index (κ1) is 14.5. The summed E-state index contributed by atoms with van der Waals surface area (Å²) >= 11 is 1.60. The van der Waals surface area contributed by atoms with Crippen LogP contribution in [0, 0.1) is 0 Å². The molecule has 3 aromatic rings. The fraction of sp³-hybridized carbons (Fsp3) is 0.118. The van der Waals surface area contributed by atoms with Gasteiger partial charge in [0.25, 0.3) is 0 Å². The lowest BCUT2D eigenvalue weighted by molar-refractivity contribution is 0.356. The number of nitrogen functional groups attached to an aromatic ring is 1. The van der Waals surface area contributed by atoms with E-state index < -0.39 is 0 Å². The van der Waals surface area contributed by atoms with Gasteiger partial charge in [-0.25, -0.2) is 4.98 Å². The third kappa shape index (κ3) is 2.94. The molecule has 3 rings (SSSR count). The Balaban J connectivity index is 1.96. The van der Waals surface area contributed by atoms with Gasteiger partial charge in [-0.2, -0.15) is 0 Å². The number of nitrogens with two attached hydrogens (primary N) is 1. The number of fused-ring (bicyclic) bond motifs is 1. The molecule has 0 bridgehead atoms. The smallest absolute Gasteiger partial charge is 0.162 e. The van der Waals surface area contributed by atoms with Crippen molar-refractivity contribution >= 4 is 28.4 Å². The van der Waals surface area contributed by atoms with E-state index in [0.717, 1.165) is 26.5 Å². The summed E-state index contributed by atoms with van der Waals surface area (Å²) in [7, 11) is 3.25. The van der Waals surface area contributed by atoms with Crippen molar-refractivity contribution in [3.05, 3.63) is 48.5 Å². The molecule has 0 aliphatic rings. The molecule has 5 heteroatoms. The van der Waals surface area contributed by atoms with E-state index in [-0.39, 0.29) is 0 Å². The standard InChI is InChI=1S/C17H16N2O2S/c1-20-15-9-11-3-8-17(19-14(11)10-16(15)21-2)22-13-6-4-12(18)5-7-13/h3-10H,18H2,1-2H3. The van der Waals surface area contributed by atoms with Crippen molar-refractivity contribution < 1.29 is 9.47 Å². The molecule has 1 heterocycles. The molecular formula is C17H16N2O2S. The first-order valence-corrected chi connectivity index (χ1v) is 7.57. The second kappa shape index (κ2) is 6.15. The van der Waals surface area contributed by atoms with Crippen molar-refractivity contribution in [1.29, 1.82) is 0 Å². The molecule has 0 spiro atoms. The van der Waals surface area contributed by atoms with E-state index >= 15 is 0 Å². The van der Waals surface area contributed by atoms with E-state index in [1.54, 1.807) is 26.0 Å². The Morgan fingerprint density at radius 2 is 1.59 bits per heavy atom. The van der Waals surface area contributed by atoms with E-state index in [9.17, 15) is 0 Å². The molecule has 0 fully saturated rings. The third-order valence-corrected chi connectivity index (χ3v) is 4.22. The van der Waals surface area contributed by atoms with Gasteiger partial charge < -0.3 is 15.2 Å². The number of hydrogen-bond acceptors (Lipinski definition) is 5. The fourth-order valence-electron chi connectivity index (χ4n) is 2.14. The molecule has 0 saturated heterocycles. The van der Waals surface area contributed by atoms with Gasteiger partial charge >= 0.3 is 0 Å². The molecule has 1 aromatic heterocycles. The van der Waals surface area contributed by atoms with E-state index in [4.69, 9.17) is 15.2 Å². The molecule has 2 N–H and O–H groups in total. The molecule has 0 unspecified atom stereocenters. The maximum atomic E-state index is 5.70. The Labute approximate surface area is 133 Å². The molecule has 0 atom stereocenters. The normalized spacial score (nSPS) is 10.6. The lowest BCUT2D eigenvalue weighted by atomic mass is 10.2. The van der Waals surface area contributed by atoms with Crippen molar-refractivity contribution in [2.45, 2.75) is 9.92 Å². The summed E-state index contributed by atoms with van der Waals surface area (Å²) < 4.78 is 10.6. The Bertz CT molecular complexity index is 804. The Morgan fingerprint density at radius 3 is 2.27 bits per heavy atom. The second-order valence-electron chi connectivity index (χ2n) is 4.72. The third-order valence-electron chi connectivity index (χ3n) is 3.27. The Hall–Kier alpha value is -2.40. The van der Waals surface area contributed by atoms with Crippen LogP contribution in [0.4, 0.5) is 5.69 Å². The first-order chi connectivity index (χ1) is 10.7. The largest absolute Gasteiger partial charge is 0.493 e. The number of aromatic nitrogens is 1. The first-order valence-electron chi connectivity index (χ1n) is 6.76. The quantitative estimate of drug-likeness (QED) is 0.738. The van der Waals surface area contributed by atoms with E-state index in [0.29, 0.717) is 11.5 Å². The average molecular weight is 312 g/mol. The van der Waals surface area contributed by atoms with E-state index in [1.807, 2.05) is 48.5 Å². The van der Waals surface area contributed by atoms with Gasteiger partial charge in [-0.1, -0.05) is 11.8 Å². The highest BCUT2D eigenvalue weighted by Crippen LogP contribution is 2.33. The van der Waals surface area contributed by atoms with Gasteiger partial charge in [0, 0.05) is 22.0 Å². The minimum Gasteiger partial charge on any atom is -0.493 e. The average Bonchev–Trinajstić information content (AvgIpc) is 2.55. The van der Waals surface area contributed by atoms with Crippen LogP contribution in [0.2, 0.25) is 0 Å². The molecule has 0 radical (unpaired) electrons. The number of benzene rings is 2. The highest BCUT2D eigenvalue weighted by atomic mass is 32.2. The zero-order chi connectivity index (χ0) is 15.5. The van der Waals surface area contributed by atoms with Crippen LogP contribution in [0.3, 0.4) is 0 Å². The molecule has 22 heavy (non-hydrogen) atoms. The number of nitrogens with zero attached hydrogens (tertiary/aromatic N) is 1. The summed E-state index contributed by atoms with van der Waals surface area (Å²) in [6.07, 6.45) is 0. The van der Waals surface area contributed by atoms with Crippen LogP contribution in [0.15, 0.2) is 58.5 Å². The molecule has 2 aromatic carbocycles.